The van der Waals surface area contributed by atoms with Gasteiger partial charge in [-0.25, -0.2) is 4.98 Å². The van der Waals surface area contributed by atoms with E-state index in [1.54, 1.807) is 7.11 Å². The fourth-order valence-corrected chi connectivity index (χ4v) is 2.83. The van der Waals surface area contributed by atoms with E-state index in [1.807, 2.05) is 30.3 Å². The van der Waals surface area contributed by atoms with Crippen LogP contribution in [0, 0.1) is 0 Å². The van der Waals surface area contributed by atoms with Gasteiger partial charge in [0.2, 0.25) is 0 Å². The van der Waals surface area contributed by atoms with E-state index in [0.29, 0.717) is 0 Å². The summed E-state index contributed by atoms with van der Waals surface area (Å²) in [4.78, 5) is 10.5. The Balaban J connectivity index is 1.99. The quantitative estimate of drug-likeness (QED) is 0.746. The molecule has 1 N–H and O–H groups in total. The summed E-state index contributed by atoms with van der Waals surface area (Å²) in [6.45, 7) is 7.28. The maximum atomic E-state index is 5.53. The third kappa shape index (κ3) is 3.22. The lowest BCUT2D eigenvalue weighted by Gasteiger charge is -2.20. The molecule has 1 heterocycles. The second-order valence-electron chi connectivity index (χ2n) is 5.59. The van der Waals surface area contributed by atoms with Gasteiger partial charge in [0.25, 0.3) is 0 Å². The lowest BCUT2D eigenvalue weighted by molar-refractivity contribution is 0.289. The highest BCUT2D eigenvalue weighted by Gasteiger charge is 2.11. The first-order valence-electron chi connectivity index (χ1n) is 8.09. The van der Waals surface area contributed by atoms with Crippen molar-refractivity contribution in [2.45, 2.75) is 20.4 Å². The number of benzene rings is 2. The van der Waals surface area contributed by atoms with E-state index >= 15 is 0 Å². The number of para-hydroxylation sites is 2. The first kappa shape index (κ1) is 15.6. The summed E-state index contributed by atoms with van der Waals surface area (Å²) in [6, 6.07) is 14.4. The normalized spacial score (nSPS) is 11.3. The Morgan fingerprint density at radius 2 is 1.87 bits per heavy atom. The van der Waals surface area contributed by atoms with Crippen molar-refractivity contribution in [1.82, 2.24) is 14.9 Å². The smallest absolute Gasteiger partial charge is 0.138 e. The van der Waals surface area contributed by atoms with Gasteiger partial charge in [-0.15, -0.1) is 0 Å². The minimum absolute atomic E-state index is 0.879. The van der Waals surface area contributed by atoms with E-state index in [2.05, 4.69) is 40.8 Å². The molecule has 2 aromatic carbocycles. The van der Waals surface area contributed by atoms with Crippen LogP contribution in [-0.2, 0) is 6.54 Å². The summed E-state index contributed by atoms with van der Waals surface area (Å²) in [5.41, 5.74) is 4.32. The molecule has 4 nitrogen and oxygen atoms in total. The summed E-state index contributed by atoms with van der Waals surface area (Å²) in [7, 11) is 1.72. The van der Waals surface area contributed by atoms with Gasteiger partial charge in [-0.1, -0.05) is 26.0 Å². The molecule has 0 amide bonds. The molecule has 3 rings (SSSR count). The van der Waals surface area contributed by atoms with E-state index in [1.165, 1.54) is 5.56 Å². The van der Waals surface area contributed by atoms with Gasteiger partial charge < -0.3 is 9.72 Å². The van der Waals surface area contributed by atoms with Crippen LogP contribution in [-0.4, -0.2) is 35.1 Å². The van der Waals surface area contributed by atoms with Gasteiger partial charge in [-0.2, -0.15) is 0 Å². The number of fused-ring (bicyclic) bond motifs is 1. The summed E-state index contributed by atoms with van der Waals surface area (Å²) < 4.78 is 5.53. The largest absolute Gasteiger partial charge is 0.496 e. The van der Waals surface area contributed by atoms with Crippen LogP contribution in [0.3, 0.4) is 0 Å². The predicted octanol–water partition coefficient (Wildman–Crippen LogP) is 4.08. The molecule has 23 heavy (non-hydrogen) atoms. The van der Waals surface area contributed by atoms with Crippen molar-refractivity contribution in [3.63, 3.8) is 0 Å². The first-order chi connectivity index (χ1) is 11.2. The fraction of sp³-hybridized carbons (Fsp3) is 0.316. The molecular formula is C19H23N3O. The third-order valence-electron chi connectivity index (χ3n) is 4.23. The zero-order valence-electron chi connectivity index (χ0n) is 14.0. The van der Waals surface area contributed by atoms with Crippen molar-refractivity contribution in [3.8, 4) is 17.1 Å². The molecule has 0 radical (unpaired) electrons. The van der Waals surface area contributed by atoms with Crippen molar-refractivity contribution in [1.29, 1.82) is 0 Å². The van der Waals surface area contributed by atoms with Crippen LogP contribution in [0.25, 0.3) is 22.4 Å². The van der Waals surface area contributed by atoms with Gasteiger partial charge in [0.05, 0.1) is 18.1 Å². The Hall–Kier alpha value is -2.33. The molecule has 120 valence electrons. The van der Waals surface area contributed by atoms with E-state index < -0.39 is 0 Å². The van der Waals surface area contributed by atoms with Crippen LogP contribution in [0.15, 0.2) is 42.5 Å². The minimum Gasteiger partial charge on any atom is -0.496 e. The molecule has 3 aromatic rings. The highest BCUT2D eigenvalue weighted by molar-refractivity contribution is 5.79. The molecule has 0 saturated carbocycles. The first-order valence-corrected chi connectivity index (χ1v) is 8.09. The number of imidazole rings is 1. The highest BCUT2D eigenvalue weighted by Crippen LogP contribution is 2.27. The molecule has 0 aliphatic heterocycles. The van der Waals surface area contributed by atoms with Crippen LogP contribution in [0.1, 0.15) is 19.4 Å². The van der Waals surface area contributed by atoms with Crippen molar-refractivity contribution in [3.05, 3.63) is 48.0 Å². The maximum Gasteiger partial charge on any atom is 0.138 e. The van der Waals surface area contributed by atoms with Crippen molar-refractivity contribution in [2.24, 2.45) is 0 Å². The van der Waals surface area contributed by atoms with Gasteiger partial charge in [0.15, 0.2) is 0 Å². The lowest BCUT2D eigenvalue weighted by Crippen LogP contribution is -2.22. The number of aromatic amines is 1. The van der Waals surface area contributed by atoms with Crippen LogP contribution in [0.2, 0.25) is 0 Å². The Morgan fingerprint density at radius 1 is 1.09 bits per heavy atom. The van der Waals surface area contributed by atoms with Crippen LogP contribution < -0.4 is 4.74 Å². The Morgan fingerprint density at radius 3 is 2.57 bits per heavy atom. The van der Waals surface area contributed by atoms with Gasteiger partial charge in [0, 0.05) is 17.7 Å². The van der Waals surface area contributed by atoms with Crippen LogP contribution >= 0.6 is 0 Å². The summed E-state index contributed by atoms with van der Waals surface area (Å²) in [5.74, 6) is 1.83. The van der Waals surface area contributed by atoms with Crippen molar-refractivity contribution in [2.75, 3.05) is 20.2 Å². The standard InChI is InChI=1S/C19H23N3O/c1-4-22(5-2)13-15-12-14(10-11-18(15)23-3)19-20-16-8-6-7-9-17(16)21-19/h6-12H,4-5,13H2,1-3H3,(H,20,21). The number of hydrogen-bond acceptors (Lipinski definition) is 3. The second-order valence-corrected chi connectivity index (χ2v) is 5.59. The van der Waals surface area contributed by atoms with Crippen molar-refractivity contribution < 1.29 is 4.74 Å². The van der Waals surface area contributed by atoms with Gasteiger partial charge in [0.1, 0.15) is 11.6 Å². The molecule has 0 atom stereocenters. The number of nitrogens with one attached hydrogen (secondary N) is 1. The molecule has 0 aliphatic carbocycles. The predicted molar refractivity (Wildman–Crippen MR) is 94.7 cm³/mol. The zero-order chi connectivity index (χ0) is 16.2. The van der Waals surface area contributed by atoms with Crippen LogP contribution in [0.4, 0.5) is 0 Å². The number of H-pyrrole nitrogens is 1. The number of ether oxygens (including phenoxy) is 1. The number of methoxy groups -OCH3 is 1. The number of rotatable bonds is 6. The van der Waals surface area contributed by atoms with Crippen LogP contribution in [0.5, 0.6) is 5.75 Å². The minimum atomic E-state index is 0.879. The Labute approximate surface area is 137 Å². The van der Waals surface area contributed by atoms with Crippen molar-refractivity contribution >= 4 is 11.0 Å². The van der Waals surface area contributed by atoms with E-state index in [0.717, 1.165) is 47.8 Å². The third-order valence-corrected chi connectivity index (χ3v) is 4.23. The lowest BCUT2D eigenvalue weighted by atomic mass is 10.1. The SMILES string of the molecule is CCN(CC)Cc1cc(-c2nc3ccccc3[nH]2)ccc1OC. The molecule has 0 saturated heterocycles. The molecule has 1 aromatic heterocycles. The van der Waals surface area contributed by atoms with E-state index in [9.17, 15) is 0 Å². The molecule has 0 unspecified atom stereocenters. The van der Waals surface area contributed by atoms with Gasteiger partial charge in [-0.3, -0.25) is 4.90 Å². The van der Waals surface area contributed by atoms with Gasteiger partial charge >= 0.3 is 0 Å². The zero-order valence-corrected chi connectivity index (χ0v) is 14.0. The Kier molecular flexibility index (Phi) is 4.63. The number of nitrogens with zero attached hydrogens (tertiary/aromatic N) is 2. The fourth-order valence-electron chi connectivity index (χ4n) is 2.83. The molecule has 0 aliphatic rings. The molecule has 0 fully saturated rings. The molecule has 4 heteroatoms. The van der Waals surface area contributed by atoms with E-state index in [4.69, 9.17) is 4.74 Å². The highest BCUT2D eigenvalue weighted by atomic mass is 16.5. The summed E-state index contributed by atoms with van der Waals surface area (Å²) >= 11 is 0. The summed E-state index contributed by atoms with van der Waals surface area (Å²) in [6.07, 6.45) is 0. The molecular weight excluding hydrogens is 286 g/mol. The molecule has 0 bridgehead atoms. The average molecular weight is 309 g/mol. The summed E-state index contributed by atoms with van der Waals surface area (Å²) in [5, 5.41) is 0. The average Bonchev–Trinajstić information content (AvgIpc) is 3.03. The number of hydrogen-bond donors (Lipinski definition) is 1. The molecule has 0 spiro atoms. The van der Waals surface area contributed by atoms with E-state index in [-0.39, 0.29) is 0 Å². The second kappa shape index (κ2) is 6.84. The maximum absolute atomic E-state index is 5.53. The number of aromatic nitrogens is 2. The Bertz CT molecular complexity index is 757. The monoisotopic (exact) mass is 309 g/mol. The van der Waals surface area contributed by atoms with Gasteiger partial charge in [-0.05, 0) is 43.4 Å². The topological polar surface area (TPSA) is 41.2 Å².